The summed E-state index contributed by atoms with van der Waals surface area (Å²) in [6, 6.07) is 10.5. The molecule has 4 N–H and O–H groups in total. The maximum Gasteiger partial charge on any atom is 0.270 e. The van der Waals surface area contributed by atoms with Crippen LogP contribution in [0.15, 0.2) is 41.8 Å². The predicted octanol–water partition coefficient (Wildman–Crippen LogP) is 1.88. The number of anilines is 1. The molecule has 0 bridgehead atoms. The van der Waals surface area contributed by atoms with Crippen LogP contribution in [0.3, 0.4) is 0 Å². The fourth-order valence-electron chi connectivity index (χ4n) is 6.67. The average molecular weight is 562 g/mol. The molecule has 3 saturated carbocycles. The molecule has 0 unspecified atom stereocenters. The Hall–Kier alpha value is -3.57. The normalized spacial score (nSPS) is 26.2. The number of aromatic nitrogens is 2. The highest BCUT2D eigenvalue weighted by molar-refractivity contribution is 6.40. The highest BCUT2D eigenvalue weighted by atomic mass is 16.6. The number of rotatable bonds is 11. The summed E-state index contributed by atoms with van der Waals surface area (Å²) in [4.78, 5) is 40.8. The Labute approximate surface area is 240 Å². The number of β-amino-alcohol motifs (C(OH)–C–C–N with tert-alkyl or cyclic N) is 1. The van der Waals surface area contributed by atoms with E-state index in [4.69, 9.17) is 4.84 Å². The zero-order valence-corrected chi connectivity index (χ0v) is 23.5. The molecule has 1 aliphatic heterocycles. The Morgan fingerprint density at radius 3 is 2.66 bits per heavy atom. The van der Waals surface area contributed by atoms with Crippen LogP contribution in [0.4, 0.5) is 5.82 Å². The summed E-state index contributed by atoms with van der Waals surface area (Å²) in [7, 11) is 1.48. The Morgan fingerprint density at radius 1 is 1.15 bits per heavy atom. The standard InChI is InChI=1S/C30H39N7O4/c1-41-36-27(20-6-7-20)29(40)35-23-13-30(14-23)11-22(12-30)34-26-10-25(32-18-33-26)28(39)31-15-24(38)17-37-9-8-19-4-2-3-5-21(19)16-37/h2-5,10,18,20,22-24,38H,6-9,11-17H2,1H3,(H,31,39)(H,35,40)(H,32,33,34)/t22?,23?,24-,30?/m0/s1. The molecule has 1 spiro atoms. The van der Waals surface area contributed by atoms with Gasteiger partial charge in [0.2, 0.25) is 0 Å². The van der Waals surface area contributed by atoms with E-state index in [-0.39, 0.29) is 47.5 Å². The first-order chi connectivity index (χ1) is 19.9. The zero-order valence-electron chi connectivity index (χ0n) is 23.5. The van der Waals surface area contributed by atoms with E-state index in [0.717, 1.165) is 58.0 Å². The minimum Gasteiger partial charge on any atom is -0.399 e. The summed E-state index contributed by atoms with van der Waals surface area (Å²) in [5, 5.41) is 23.8. The van der Waals surface area contributed by atoms with Gasteiger partial charge in [0.05, 0.1) is 6.10 Å². The van der Waals surface area contributed by atoms with Crippen molar-refractivity contribution in [2.45, 2.75) is 69.7 Å². The Kier molecular flexibility index (Phi) is 7.90. The second-order valence-electron chi connectivity index (χ2n) is 12.2. The minimum atomic E-state index is -0.668. The summed E-state index contributed by atoms with van der Waals surface area (Å²) in [6.45, 7) is 2.36. The van der Waals surface area contributed by atoms with Gasteiger partial charge in [0.1, 0.15) is 30.7 Å². The molecule has 1 atom stereocenters. The van der Waals surface area contributed by atoms with Crippen LogP contribution in [0.25, 0.3) is 0 Å². The number of nitrogens with zero attached hydrogens (tertiary/aromatic N) is 4. The van der Waals surface area contributed by atoms with Crippen LogP contribution in [0.1, 0.15) is 60.1 Å². The van der Waals surface area contributed by atoms with Crippen molar-refractivity contribution in [3.05, 3.63) is 53.5 Å². The lowest BCUT2D eigenvalue weighted by Gasteiger charge is -2.57. The molecule has 3 fully saturated rings. The van der Waals surface area contributed by atoms with Gasteiger partial charge in [-0.1, -0.05) is 29.4 Å². The first-order valence-electron chi connectivity index (χ1n) is 14.7. The number of carbonyl (C=O) groups is 2. The first-order valence-corrected chi connectivity index (χ1v) is 14.7. The van der Waals surface area contributed by atoms with Crippen LogP contribution in [-0.2, 0) is 22.6 Å². The number of fused-ring (bicyclic) bond motifs is 1. The molecule has 1 aromatic heterocycles. The zero-order chi connectivity index (χ0) is 28.4. The van der Waals surface area contributed by atoms with Crippen molar-refractivity contribution in [3.8, 4) is 0 Å². The molecule has 3 aliphatic carbocycles. The third kappa shape index (κ3) is 6.51. The molecule has 4 aliphatic rings. The monoisotopic (exact) mass is 561 g/mol. The van der Waals surface area contributed by atoms with Gasteiger partial charge in [-0.3, -0.25) is 14.5 Å². The number of carbonyl (C=O) groups excluding carboxylic acids is 2. The van der Waals surface area contributed by atoms with Crippen molar-refractivity contribution in [2.75, 3.05) is 32.1 Å². The molecular weight excluding hydrogens is 522 g/mol. The van der Waals surface area contributed by atoms with Crippen LogP contribution in [-0.4, -0.2) is 82.4 Å². The van der Waals surface area contributed by atoms with Crippen molar-refractivity contribution < 1.29 is 19.5 Å². The molecule has 6 rings (SSSR count). The SMILES string of the molecule is CON=C(C(=O)NC1CC2(C1)CC(Nc1cc(C(=O)NC[C@H](O)CN3CCc4ccccc4C3)ncn1)C2)C1CC1. The average Bonchev–Trinajstić information content (AvgIpc) is 3.77. The highest BCUT2D eigenvalue weighted by Gasteiger charge is 2.53. The fourth-order valence-corrected chi connectivity index (χ4v) is 6.67. The van der Waals surface area contributed by atoms with E-state index in [9.17, 15) is 14.7 Å². The van der Waals surface area contributed by atoms with E-state index in [1.807, 2.05) is 6.07 Å². The van der Waals surface area contributed by atoms with Crippen molar-refractivity contribution in [3.63, 3.8) is 0 Å². The van der Waals surface area contributed by atoms with Gasteiger partial charge < -0.3 is 25.9 Å². The minimum absolute atomic E-state index is 0.0974. The maximum atomic E-state index is 12.7. The van der Waals surface area contributed by atoms with Gasteiger partial charge in [-0.05, 0) is 61.5 Å². The van der Waals surface area contributed by atoms with Crippen molar-refractivity contribution in [2.24, 2.45) is 16.5 Å². The topological polar surface area (TPSA) is 141 Å². The van der Waals surface area contributed by atoms with E-state index in [0.29, 0.717) is 18.1 Å². The maximum absolute atomic E-state index is 12.7. The summed E-state index contributed by atoms with van der Waals surface area (Å²) in [6.07, 6.45) is 7.62. The Morgan fingerprint density at radius 2 is 1.90 bits per heavy atom. The number of nitrogens with one attached hydrogen (secondary N) is 3. The molecular formula is C30H39N7O4. The molecule has 11 nitrogen and oxygen atoms in total. The highest BCUT2D eigenvalue weighted by Crippen LogP contribution is 2.56. The van der Waals surface area contributed by atoms with E-state index < -0.39 is 6.10 Å². The molecule has 1 aromatic carbocycles. The van der Waals surface area contributed by atoms with Gasteiger partial charge in [0.15, 0.2) is 0 Å². The van der Waals surface area contributed by atoms with Crippen molar-refractivity contribution in [1.29, 1.82) is 0 Å². The Bertz CT molecular complexity index is 1300. The van der Waals surface area contributed by atoms with Crippen LogP contribution >= 0.6 is 0 Å². The summed E-state index contributed by atoms with van der Waals surface area (Å²) in [5.41, 5.74) is 3.72. The number of aliphatic hydroxyl groups is 1. The van der Waals surface area contributed by atoms with E-state index in [1.54, 1.807) is 6.07 Å². The third-order valence-corrected chi connectivity index (χ3v) is 8.87. The first kappa shape index (κ1) is 27.6. The number of aliphatic hydroxyl groups excluding tert-OH is 1. The third-order valence-electron chi connectivity index (χ3n) is 8.87. The van der Waals surface area contributed by atoms with E-state index in [2.05, 4.69) is 54.2 Å². The quantitative estimate of drug-likeness (QED) is 0.241. The van der Waals surface area contributed by atoms with Crippen molar-refractivity contribution in [1.82, 2.24) is 25.5 Å². The summed E-state index contributed by atoms with van der Waals surface area (Å²) < 4.78 is 0. The molecule has 0 saturated heterocycles. The number of oxime groups is 1. The second-order valence-corrected chi connectivity index (χ2v) is 12.2. The van der Waals surface area contributed by atoms with Crippen molar-refractivity contribution >= 4 is 23.3 Å². The van der Waals surface area contributed by atoms with Gasteiger partial charge >= 0.3 is 0 Å². The van der Waals surface area contributed by atoms with Crippen LogP contribution in [0.5, 0.6) is 0 Å². The molecule has 41 heavy (non-hydrogen) atoms. The summed E-state index contributed by atoms with van der Waals surface area (Å²) in [5.74, 6) is 0.430. The number of hydrogen-bond donors (Lipinski definition) is 4. The molecule has 0 radical (unpaired) electrons. The number of amides is 2. The number of benzene rings is 1. The van der Waals surface area contributed by atoms with Gasteiger partial charge in [-0.15, -0.1) is 0 Å². The molecule has 2 aromatic rings. The fraction of sp³-hybridized carbons (Fsp3) is 0.567. The van der Waals surface area contributed by atoms with E-state index in [1.165, 1.54) is 24.6 Å². The lowest BCUT2D eigenvalue weighted by Crippen LogP contribution is -2.59. The van der Waals surface area contributed by atoms with Crippen LogP contribution in [0, 0.1) is 11.3 Å². The number of hydrogen-bond acceptors (Lipinski definition) is 9. The largest absolute Gasteiger partial charge is 0.399 e. The lowest BCUT2D eigenvalue weighted by atomic mass is 9.52. The van der Waals surface area contributed by atoms with Crippen LogP contribution in [0.2, 0.25) is 0 Å². The van der Waals surface area contributed by atoms with Gasteiger partial charge in [-0.2, -0.15) is 0 Å². The smallest absolute Gasteiger partial charge is 0.270 e. The van der Waals surface area contributed by atoms with Gasteiger partial charge in [0, 0.05) is 50.2 Å². The van der Waals surface area contributed by atoms with Gasteiger partial charge in [0.25, 0.3) is 11.8 Å². The molecule has 2 amide bonds. The lowest BCUT2D eigenvalue weighted by molar-refractivity contribution is -0.118. The van der Waals surface area contributed by atoms with Gasteiger partial charge in [-0.25, -0.2) is 9.97 Å². The molecule has 218 valence electrons. The Balaban J connectivity index is 0.911. The molecule has 11 heteroatoms. The predicted molar refractivity (Wildman–Crippen MR) is 153 cm³/mol. The summed E-state index contributed by atoms with van der Waals surface area (Å²) >= 11 is 0. The second kappa shape index (κ2) is 11.7. The van der Waals surface area contributed by atoms with E-state index >= 15 is 0 Å². The molecule has 2 heterocycles. The van der Waals surface area contributed by atoms with Crippen LogP contribution < -0.4 is 16.0 Å².